The second kappa shape index (κ2) is 8.54. The zero-order valence-electron chi connectivity index (χ0n) is 14.6. The lowest BCUT2D eigenvalue weighted by Gasteiger charge is -2.13. The van der Waals surface area contributed by atoms with E-state index in [9.17, 15) is 9.18 Å². The maximum absolute atomic E-state index is 13.3. The molecule has 0 aliphatic carbocycles. The highest BCUT2D eigenvalue weighted by atomic mass is 79.9. The van der Waals surface area contributed by atoms with Gasteiger partial charge in [-0.25, -0.2) is 9.37 Å². The van der Waals surface area contributed by atoms with Crippen molar-refractivity contribution in [2.75, 3.05) is 11.6 Å². The lowest BCUT2D eigenvalue weighted by atomic mass is 10.2. The lowest BCUT2D eigenvalue weighted by Crippen LogP contribution is -2.14. The van der Waals surface area contributed by atoms with Gasteiger partial charge in [0.1, 0.15) is 17.1 Å². The van der Waals surface area contributed by atoms with Crippen LogP contribution in [0.3, 0.4) is 0 Å². The van der Waals surface area contributed by atoms with Crippen LogP contribution in [0.4, 0.5) is 10.1 Å². The Morgan fingerprint density at radius 1 is 1.22 bits per heavy atom. The Hall–Kier alpha value is -2.38. The first-order chi connectivity index (χ1) is 13.0. The van der Waals surface area contributed by atoms with Gasteiger partial charge in [0.15, 0.2) is 0 Å². The van der Waals surface area contributed by atoms with Gasteiger partial charge in [-0.3, -0.25) is 4.79 Å². The molecule has 0 aliphatic rings. The van der Waals surface area contributed by atoms with Crippen LogP contribution in [0.5, 0.6) is 11.6 Å². The molecule has 1 amide bonds. The number of anilines is 1. The van der Waals surface area contributed by atoms with E-state index in [0.29, 0.717) is 21.5 Å². The van der Waals surface area contributed by atoms with Crippen LogP contribution in [0.25, 0.3) is 0 Å². The third kappa shape index (κ3) is 4.87. The van der Waals surface area contributed by atoms with Crippen LogP contribution in [0, 0.1) is 12.7 Å². The summed E-state index contributed by atoms with van der Waals surface area (Å²) < 4.78 is 19.7. The first-order valence-corrected chi connectivity index (χ1v) is 10.0. The summed E-state index contributed by atoms with van der Waals surface area (Å²) in [6.45, 7) is 1.73. The average molecular weight is 447 g/mol. The number of nitrogens with one attached hydrogen (secondary N) is 1. The monoisotopic (exact) mass is 446 g/mol. The number of hydrogen-bond donors (Lipinski definition) is 1. The molecule has 0 atom stereocenters. The van der Waals surface area contributed by atoms with E-state index in [-0.39, 0.29) is 23.2 Å². The number of nitrogens with zero attached hydrogens (tertiary/aromatic N) is 1. The summed E-state index contributed by atoms with van der Waals surface area (Å²) in [5.41, 5.74) is 1.55. The highest BCUT2D eigenvalue weighted by Gasteiger charge is 2.17. The molecule has 3 rings (SSSR count). The minimum atomic E-state index is -0.352. The van der Waals surface area contributed by atoms with E-state index >= 15 is 0 Å². The fourth-order valence-corrected chi connectivity index (χ4v) is 3.19. The Labute approximate surface area is 169 Å². The number of rotatable bonds is 5. The zero-order chi connectivity index (χ0) is 19.4. The van der Waals surface area contributed by atoms with E-state index in [2.05, 4.69) is 26.2 Å². The molecule has 1 heterocycles. The number of amides is 1. The molecule has 1 aromatic heterocycles. The Kier molecular flexibility index (Phi) is 6.13. The first-order valence-electron chi connectivity index (χ1n) is 8.01. The van der Waals surface area contributed by atoms with E-state index in [0.717, 1.165) is 4.90 Å². The highest BCUT2D eigenvalue weighted by Crippen LogP contribution is 2.29. The minimum absolute atomic E-state index is 0.145. The Bertz CT molecular complexity index is 997. The number of carbonyl (C=O) groups excluding carboxylic acids is 1. The molecule has 2 aromatic carbocycles. The predicted octanol–water partition coefficient (Wildman–Crippen LogP) is 6.06. The Morgan fingerprint density at radius 3 is 2.78 bits per heavy atom. The molecular weight excluding hydrogens is 431 g/mol. The molecule has 0 unspecified atom stereocenters. The van der Waals surface area contributed by atoms with Crippen molar-refractivity contribution in [3.05, 3.63) is 76.1 Å². The van der Waals surface area contributed by atoms with Crippen molar-refractivity contribution in [2.45, 2.75) is 11.8 Å². The van der Waals surface area contributed by atoms with Crippen LogP contribution < -0.4 is 10.1 Å². The maximum Gasteiger partial charge on any atom is 0.261 e. The number of aryl methyl sites for hydroxylation is 1. The molecule has 0 aliphatic heterocycles. The quantitative estimate of drug-likeness (QED) is 0.484. The largest absolute Gasteiger partial charge is 0.438 e. The van der Waals surface area contributed by atoms with Crippen molar-refractivity contribution in [3.8, 4) is 11.6 Å². The van der Waals surface area contributed by atoms with Gasteiger partial charge in [0, 0.05) is 21.3 Å². The molecule has 0 bridgehead atoms. The summed E-state index contributed by atoms with van der Waals surface area (Å²) in [7, 11) is 0. The second-order valence-corrected chi connectivity index (χ2v) is 7.50. The summed E-state index contributed by atoms with van der Waals surface area (Å²) in [4.78, 5) is 18.0. The molecule has 0 saturated carbocycles. The van der Waals surface area contributed by atoms with Gasteiger partial charge in [-0.05, 0) is 77.1 Å². The summed E-state index contributed by atoms with van der Waals surface area (Å²) in [5.74, 6) is -0.122. The van der Waals surface area contributed by atoms with Gasteiger partial charge in [-0.2, -0.15) is 0 Å². The standard InChI is InChI=1S/C20H16BrFN2O2S/c1-12-8-14(22)6-7-18(12)26-20-17(9-13(21)11-23-20)19(25)24-15-4-3-5-16(10-15)27-2/h3-11H,1-2H3,(H,24,25). The molecule has 27 heavy (non-hydrogen) atoms. The van der Waals surface area contributed by atoms with Crippen LogP contribution in [-0.4, -0.2) is 17.1 Å². The lowest BCUT2D eigenvalue weighted by molar-refractivity contribution is 0.102. The van der Waals surface area contributed by atoms with Gasteiger partial charge in [0.05, 0.1) is 0 Å². The van der Waals surface area contributed by atoms with Crippen LogP contribution in [0.2, 0.25) is 0 Å². The summed E-state index contributed by atoms with van der Waals surface area (Å²) in [5, 5.41) is 2.86. The predicted molar refractivity (Wildman–Crippen MR) is 109 cm³/mol. The summed E-state index contributed by atoms with van der Waals surface area (Å²) in [6.07, 6.45) is 3.51. The number of hydrogen-bond acceptors (Lipinski definition) is 4. The van der Waals surface area contributed by atoms with E-state index in [1.807, 2.05) is 30.5 Å². The van der Waals surface area contributed by atoms with Crippen LogP contribution in [-0.2, 0) is 0 Å². The first kappa shape index (κ1) is 19.4. The molecule has 138 valence electrons. The van der Waals surface area contributed by atoms with E-state index in [1.165, 1.54) is 18.2 Å². The number of thioether (sulfide) groups is 1. The molecule has 0 fully saturated rings. The Balaban J connectivity index is 1.90. The van der Waals surface area contributed by atoms with E-state index in [4.69, 9.17) is 4.74 Å². The highest BCUT2D eigenvalue weighted by molar-refractivity contribution is 9.10. The number of halogens is 2. The van der Waals surface area contributed by atoms with Gasteiger partial charge in [-0.15, -0.1) is 11.8 Å². The van der Waals surface area contributed by atoms with Gasteiger partial charge in [-0.1, -0.05) is 6.07 Å². The van der Waals surface area contributed by atoms with Crippen molar-refractivity contribution in [2.24, 2.45) is 0 Å². The number of benzene rings is 2. The smallest absolute Gasteiger partial charge is 0.261 e. The van der Waals surface area contributed by atoms with Crippen molar-refractivity contribution < 1.29 is 13.9 Å². The van der Waals surface area contributed by atoms with Crippen molar-refractivity contribution >= 4 is 39.3 Å². The molecular formula is C20H16BrFN2O2S. The number of pyridine rings is 1. The van der Waals surface area contributed by atoms with E-state index < -0.39 is 0 Å². The van der Waals surface area contributed by atoms with Gasteiger partial charge >= 0.3 is 0 Å². The van der Waals surface area contributed by atoms with Crippen LogP contribution in [0.15, 0.2) is 64.1 Å². The molecule has 4 nitrogen and oxygen atoms in total. The minimum Gasteiger partial charge on any atom is -0.438 e. The van der Waals surface area contributed by atoms with Crippen molar-refractivity contribution in [1.29, 1.82) is 0 Å². The molecule has 0 saturated heterocycles. The number of carbonyl (C=O) groups is 1. The van der Waals surface area contributed by atoms with Gasteiger partial charge in [0.2, 0.25) is 5.88 Å². The molecule has 7 heteroatoms. The fourth-order valence-electron chi connectivity index (χ4n) is 2.40. The van der Waals surface area contributed by atoms with Gasteiger partial charge < -0.3 is 10.1 Å². The normalized spacial score (nSPS) is 10.5. The van der Waals surface area contributed by atoms with E-state index in [1.54, 1.807) is 30.9 Å². The maximum atomic E-state index is 13.3. The van der Waals surface area contributed by atoms with Crippen molar-refractivity contribution in [3.63, 3.8) is 0 Å². The molecule has 0 spiro atoms. The summed E-state index contributed by atoms with van der Waals surface area (Å²) >= 11 is 4.92. The van der Waals surface area contributed by atoms with Crippen LogP contribution >= 0.6 is 27.7 Å². The molecule has 3 aromatic rings. The number of ether oxygens (including phenoxy) is 1. The summed E-state index contributed by atoms with van der Waals surface area (Å²) in [6, 6.07) is 13.3. The Morgan fingerprint density at radius 2 is 2.04 bits per heavy atom. The van der Waals surface area contributed by atoms with Crippen LogP contribution in [0.1, 0.15) is 15.9 Å². The SMILES string of the molecule is CSc1cccc(NC(=O)c2cc(Br)cnc2Oc2ccc(F)cc2C)c1. The second-order valence-electron chi connectivity index (χ2n) is 5.70. The fraction of sp³-hybridized carbons (Fsp3) is 0.100. The number of aromatic nitrogens is 1. The zero-order valence-corrected chi connectivity index (χ0v) is 17.0. The average Bonchev–Trinajstić information content (AvgIpc) is 2.65. The topological polar surface area (TPSA) is 51.2 Å². The van der Waals surface area contributed by atoms with Gasteiger partial charge in [0.25, 0.3) is 5.91 Å². The third-order valence-electron chi connectivity index (χ3n) is 3.73. The molecule has 1 N–H and O–H groups in total. The van der Waals surface area contributed by atoms with Crippen molar-refractivity contribution in [1.82, 2.24) is 4.98 Å². The molecule has 0 radical (unpaired) electrons. The third-order valence-corrected chi connectivity index (χ3v) is 4.89.